The molecule has 0 unspecified atom stereocenters. The maximum absolute atomic E-state index is 12.5. The third-order valence-electron chi connectivity index (χ3n) is 3.59. The molecule has 0 spiro atoms. The van der Waals surface area contributed by atoms with Crippen molar-refractivity contribution < 1.29 is 32.3 Å². The molecule has 0 saturated heterocycles. The number of ether oxygens (including phenoxy) is 1. The Hall–Kier alpha value is -3.14. The molecule has 0 aliphatic heterocycles. The van der Waals surface area contributed by atoms with Crippen molar-refractivity contribution in [1.82, 2.24) is 5.32 Å². The van der Waals surface area contributed by atoms with E-state index in [2.05, 4.69) is 26.6 Å². The van der Waals surface area contributed by atoms with Crippen molar-refractivity contribution in [2.24, 2.45) is 0 Å². The van der Waals surface area contributed by atoms with Gasteiger partial charge in [0.15, 0.2) is 6.61 Å². The Bertz CT molecular complexity index is 944. The minimum absolute atomic E-state index is 0.320. The molecule has 6 nitrogen and oxygen atoms in total. The lowest BCUT2D eigenvalue weighted by Crippen LogP contribution is -2.35. The number of esters is 1. The molecular formula is C20H16BrF3N2O4. The van der Waals surface area contributed by atoms with Crippen LogP contribution in [0.4, 0.5) is 18.9 Å². The van der Waals surface area contributed by atoms with Crippen LogP contribution in [0.5, 0.6) is 0 Å². The van der Waals surface area contributed by atoms with E-state index in [4.69, 9.17) is 4.74 Å². The monoisotopic (exact) mass is 484 g/mol. The molecule has 0 saturated carbocycles. The van der Waals surface area contributed by atoms with E-state index >= 15 is 0 Å². The zero-order valence-corrected chi connectivity index (χ0v) is 16.9. The normalized spacial score (nSPS) is 11.2. The second-order valence-electron chi connectivity index (χ2n) is 5.87. The van der Waals surface area contributed by atoms with Crippen LogP contribution in [0.3, 0.4) is 0 Å². The van der Waals surface area contributed by atoms with E-state index in [1.54, 1.807) is 24.3 Å². The smallest absolute Gasteiger partial charge is 0.416 e. The summed E-state index contributed by atoms with van der Waals surface area (Å²) in [5.41, 5.74) is 0.0901. The van der Waals surface area contributed by atoms with E-state index in [1.165, 1.54) is 18.2 Å². The van der Waals surface area contributed by atoms with Gasteiger partial charge in [0.1, 0.15) is 0 Å². The van der Waals surface area contributed by atoms with Crippen LogP contribution in [0.1, 0.15) is 11.1 Å². The number of nitrogens with one attached hydrogen (secondary N) is 2. The molecule has 2 N–H and O–H groups in total. The van der Waals surface area contributed by atoms with Gasteiger partial charge in [-0.2, -0.15) is 13.2 Å². The summed E-state index contributed by atoms with van der Waals surface area (Å²) in [4.78, 5) is 35.1. The Morgan fingerprint density at radius 1 is 1.00 bits per heavy atom. The molecule has 158 valence electrons. The Morgan fingerprint density at radius 2 is 1.67 bits per heavy atom. The number of rotatable bonds is 7. The summed E-state index contributed by atoms with van der Waals surface area (Å²) in [6.07, 6.45) is -2.20. The molecule has 2 amide bonds. The molecule has 0 radical (unpaired) electrons. The first-order chi connectivity index (χ1) is 14.1. The largest absolute Gasteiger partial charge is 0.452 e. The summed E-state index contributed by atoms with van der Waals surface area (Å²) in [5, 5.41) is 4.89. The van der Waals surface area contributed by atoms with Gasteiger partial charge in [0, 0.05) is 10.5 Å². The van der Waals surface area contributed by atoms with E-state index < -0.39 is 36.1 Å². The van der Waals surface area contributed by atoms with Gasteiger partial charge in [0.2, 0.25) is 5.91 Å². The number of carbonyl (C=O) groups excluding carboxylic acids is 3. The van der Waals surface area contributed by atoms with Gasteiger partial charge in [-0.25, -0.2) is 4.79 Å². The van der Waals surface area contributed by atoms with Crippen LogP contribution in [0.25, 0.3) is 6.08 Å². The highest BCUT2D eigenvalue weighted by atomic mass is 79.9. The zero-order valence-electron chi connectivity index (χ0n) is 15.3. The molecule has 0 atom stereocenters. The lowest BCUT2D eigenvalue weighted by Gasteiger charge is -2.08. The lowest BCUT2D eigenvalue weighted by atomic mass is 10.1. The second-order valence-corrected chi connectivity index (χ2v) is 6.72. The van der Waals surface area contributed by atoms with Crippen molar-refractivity contribution >= 4 is 45.5 Å². The van der Waals surface area contributed by atoms with Crippen LogP contribution >= 0.6 is 15.9 Å². The molecule has 2 aromatic rings. The molecule has 2 aromatic carbocycles. The van der Waals surface area contributed by atoms with Crippen molar-refractivity contribution in [2.75, 3.05) is 18.5 Å². The van der Waals surface area contributed by atoms with Crippen molar-refractivity contribution in [3.05, 3.63) is 70.2 Å². The molecule has 2 rings (SSSR count). The molecule has 0 aliphatic rings. The predicted molar refractivity (Wildman–Crippen MR) is 107 cm³/mol. The number of halogens is 4. The summed E-state index contributed by atoms with van der Waals surface area (Å²) in [6, 6.07) is 11.1. The van der Waals surface area contributed by atoms with Crippen molar-refractivity contribution in [2.45, 2.75) is 6.18 Å². The second kappa shape index (κ2) is 10.6. The fourth-order valence-corrected chi connectivity index (χ4v) is 2.50. The summed E-state index contributed by atoms with van der Waals surface area (Å²) in [7, 11) is 0. The summed E-state index contributed by atoms with van der Waals surface area (Å²) >= 11 is 3.27. The number of carbonyl (C=O) groups is 3. The van der Waals surface area contributed by atoms with E-state index in [9.17, 15) is 27.6 Å². The van der Waals surface area contributed by atoms with Crippen LogP contribution in [0.15, 0.2) is 59.1 Å². The van der Waals surface area contributed by atoms with Crippen LogP contribution in [0, 0.1) is 0 Å². The summed E-state index contributed by atoms with van der Waals surface area (Å²) in [5.74, 6) is -2.01. The molecule has 30 heavy (non-hydrogen) atoms. The van der Waals surface area contributed by atoms with Crippen LogP contribution in [-0.2, 0) is 25.3 Å². The third kappa shape index (κ3) is 7.70. The number of benzene rings is 2. The van der Waals surface area contributed by atoms with Crippen molar-refractivity contribution in [3.8, 4) is 0 Å². The molecular weight excluding hydrogens is 469 g/mol. The summed E-state index contributed by atoms with van der Waals surface area (Å²) in [6.45, 7) is -0.933. The van der Waals surface area contributed by atoms with E-state index in [-0.39, 0.29) is 6.54 Å². The van der Waals surface area contributed by atoms with Gasteiger partial charge in [0.25, 0.3) is 5.91 Å². The van der Waals surface area contributed by atoms with E-state index in [0.29, 0.717) is 15.7 Å². The number of hydrogen-bond donors (Lipinski definition) is 2. The number of amides is 2. The van der Waals surface area contributed by atoms with Gasteiger partial charge in [-0.05, 0) is 51.8 Å². The third-order valence-corrected chi connectivity index (χ3v) is 4.28. The maximum Gasteiger partial charge on any atom is 0.416 e. The molecule has 0 aromatic heterocycles. The Morgan fingerprint density at radius 3 is 2.30 bits per heavy atom. The van der Waals surface area contributed by atoms with Crippen LogP contribution in [-0.4, -0.2) is 30.9 Å². The number of alkyl halides is 3. The molecule has 0 fully saturated rings. The average molecular weight is 485 g/mol. The molecule has 10 heteroatoms. The first-order valence-electron chi connectivity index (χ1n) is 8.48. The summed E-state index contributed by atoms with van der Waals surface area (Å²) < 4.78 is 42.9. The topological polar surface area (TPSA) is 84.5 Å². The van der Waals surface area contributed by atoms with Crippen LogP contribution < -0.4 is 10.6 Å². The van der Waals surface area contributed by atoms with E-state index in [1.807, 2.05) is 0 Å². The first-order valence-corrected chi connectivity index (χ1v) is 9.27. The van der Waals surface area contributed by atoms with Crippen molar-refractivity contribution in [3.63, 3.8) is 0 Å². The van der Waals surface area contributed by atoms with Gasteiger partial charge in [-0.1, -0.05) is 24.3 Å². The highest BCUT2D eigenvalue weighted by Gasteiger charge is 2.29. The minimum atomic E-state index is -4.44. The standard InChI is InChI=1S/C20H16BrF3N2O4/c21-15-3-1-2-4-16(15)26-17(27)11-25-18(28)12-30-19(29)10-7-13-5-8-14(9-6-13)20(22,23)24/h1-10H,11-12H2,(H,25,28)(H,26,27)/b10-7+. The maximum atomic E-state index is 12.5. The molecule has 0 aliphatic carbocycles. The fraction of sp³-hybridized carbons (Fsp3) is 0.150. The fourth-order valence-electron chi connectivity index (χ4n) is 2.12. The predicted octanol–water partition coefficient (Wildman–Crippen LogP) is 3.78. The molecule has 0 bridgehead atoms. The zero-order chi connectivity index (χ0) is 22.1. The number of anilines is 1. The van der Waals surface area contributed by atoms with Gasteiger partial charge in [0.05, 0.1) is 17.8 Å². The first kappa shape index (κ1) is 23.1. The van der Waals surface area contributed by atoms with Gasteiger partial charge < -0.3 is 15.4 Å². The van der Waals surface area contributed by atoms with Crippen LogP contribution in [0.2, 0.25) is 0 Å². The van der Waals surface area contributed by atoms with Gasteiger partial charge >= 0.3 is 12.1 Å². The lowest BCUT2D eigenvalue weighted by molar-refractivity contribution is -0.143. The number of para-hydroxylation sites is 1. The minimum Gasteiger partial charge on any atom is -0.452 e. The number of hydrogen-bond acceptors (Lipinski definition) is 4. The van der Waals surface area contributed by atoms with E-state index in [0.717, 1.165) is 18.2 Å². The Kier molecular flexibility index (Phi) is 8.16. The quantitative estimate of drug-likeness (QED) is 0.462. The van der Waals surface area contributed by atoms with Gasteiger partial charge in [-0.3, -0.25) is 9.59 Å². The van der Waals surface area contributed by atoms with Gasteiger partial charge in [-0.15, -0.1) is 0 Å². The van der Waals surface area contributed by atoms with Crippen molar-refractivity contribution in [1.29, 1.82) is 0 Å². The Labute approximate surface area is 178 Å². The molecule has 0 heterocycles. The average Bonchev–Trinajstić information content (AvgIpc) is 2.70. The highest BCUT2D eigenvalue weighted by Crippen LogP contribution is 2.29. The Balaban J connectivity index is 1.72. The SMILES string of the molecule is O=C(COC(=O)/C=C/c1ccc(C(F)(F)F)cc1)NCC(=O)Nc1ccccc1Br. The highest BCUT2D eigenvalue weighted by molar-refractivity contribution is 9.10.